The van der Waals surface area contributed by atoms with Gasteiger partial charge in [0.05, 0.1) is 13.7 Å². The van der Waals surface area contributed by atoms with Gasteiger partial charge in [-0.05, 0) is 37.6 Å². The SMILES string of the molecule is CCc1nncn1CCN=C(NC(C)CC)N1CCN(c2ccc(OC)cc2)CC1.I. The third-order valence-corrected chi connectivity index (χ3v) is 5.62. The summed E-state index contributed by atoms with van der Waals surface area (Å²) >= 11 is 0. The molecule has 9 heteroatoms. The Morgan fingerprint density at radius 1 is 1.16 bits per heavy atom. The number of aromatic nitrogens is 3. The van der Waals surface area contributed by atoms with Crippen molar-refractivity contribution in [2.24, 2.45) is 4.99 Å². The highest BCUT2D eigenvalue weighted by atomic mass is 127. The van der Waals surface area contributed by atoms with Crippen molar-refractivity contribution in [1.29, 1.82) is 0 Å². The molecule has 2 heterocycles. The summed E-state index contributed by atoms with van der Waals surface area (Å²) in [6, 6.07) is 8.70. The number of benzene rings is 1. The highest BCUT2D eigenvalue weighted by Crippen LogP contribution is 2.20. The lowest BCUT2D eigenvalue weighted by molar-refractivity contribution is 0.365. The third-order valence-electron chi connectivity index (χ3n) is 5.62. The fraction of sp³-hybridized carbons (Fsp3) is 0.591. The number of aryl methyl sites for hydroxylation is 1. The average Bonchev–Trinajstić information content (AvgIpc) is 3.26. The second kappa shape index (κ2) is 12.7. The maximum Gasteiger partial charge on any atom is 0.194 e. The van der Waals surface area contributed by atoms with Crippen LogP contribution in [0.1, 0.15) is 33.0 Å². The van der Waals surface area contributed by atoms with E-state index in [0.29, 0.717) is 12.6 Å². The van der Waals surface area contributed by atoms with Crippen LogP contribution in [0.3, 0.4) is 0 Å². The van der Waals surface area contributed by atoms with E-state index in [1.54, 1.807) is 13.4 Å². The van der Waals surface area contributed by atoms with Crippen molar-refractivity contribution in [3.63, 3.8) is 0 Å². The highest BCUT2D eigenvalue weighted by Gasteiger charge is 2.21. The molecule has 1 atom stereocenters. The molecule has 1 aromatic heterocycles. The molecule has 1 aliphatic heterocycles. The molecule has 0 aliphatic carbocycles. The van der Waals surface area contributed by atoms with Crippen LogP contribution in [-0.4, -0.2) is 71.5 Å². The van der Waals surface area contributed by atoms with Gasteiger partial charge < -0.3 is 24.4 Å². The molecular formula is C22H36IN7O. The van der Waals surface area contributed by atoms with Gasteiger partial charge in [0.25, 0.3) is 0 Å². The monoisotopic (exact) mass is 541 g/mol. The quantitative estimate of drug-likeness (QED) is 0.315. The Morgan fingerprint density at radius 3 is 2.48 bits per heavy atom. The van der Waals surface area contributed by atoms with E-state index in [1.807, 2.05) is 12.1 Å². The van der Waals surface area contributed by atoms with Crippen molar-refractivity contribution < 1.29 is 4.74 Å². The zero-order chi connectivity index (χ0) is 21.3. The summed E-state index contributed by atoms with van der Waals surface area (Å²) in [5.41, 5.74) is 1.24. The molecule has 8 nitrogen and oxygen atoms in total. The Bertz CT molecular complexity index is 800. The topological polar surface area (TPSA) is 70.8 Å². The Morgan fingerprint density at radius 2 is 1.87 bits per heavy atom. The minimum Gasteiger partial charge on any atom is -0.497 e. The van der Waals surface area contributed by atoms with Crippen LogP contribution in [0, 0.1) is 0 Å². The smallest absolute Gasteiger partial charge is 0.194 e. The van der Waals surface area contributed by atoms with Crippen molar-refractivity contribution in [2.45, 2.75) is 46.2 Å². The van der Waals surface area contributed by atoms with Crippen molar-refractivity contribution in [3.8, 4) is 5.75 Å². The number of nitrogens with zero attached hydrogens (tertiary/aromatic N) is 6. The minimum absolute atomic E-state index is 0. The molecule has 31 heavy (non-hydrogen) atoms. The summed E-state index contributed by atoms with van der Waals surface area (Å²) in [6.45, 7) is 11.8. The predicted molar refractivity (Wildman–Crippen MR) is 137 cm³/mol. The average molecular weight is 541 g/mol. The van der Waals surface area contributed by atoms with E-state index in [9.17, 15) is 0 Å². The first kappa shape index (κ1) is 25.2. The van der Waals surface area contributed by atoms with Gasteiger partial charge in [-0.3, -0.25) is 4.99 Å². The Balaban J connectivity index is 0.00000341. The number of hydrogen-bond donors (Lipinski definition) is 1. The van der Waals surface area contributed by atoms with Crippen LogP contribution in [0.25, 0.3) is 0 Å². The van der Waals surface area contributed by atoms with Crippen molar-refractivity contribution in [2.75, 3.05) is 44.7 Å². The van der Waals surface area contributed by atoms with Gasteiger partial charge in [-0.2, -0.15) is 0 Å². The molecule has 2 aromatic rings. The summed E-state index contributed by atoms with van der Waals surface area (Å²) < 4.78 is 7.36. The van der Waals surface area contributed by atoms with Gasteiger partial charge in [0.1, 0.15) is 17.9 Å². The normalized spacial score (nSPS) is 15.4. The van der Waals surface area contributed by atoms with E-state index in [0.717, 1.165) is 63.1 Å². The standard InChI is InChI=1S/C22H35N7O.HI/c1-5-18(3)25-22(23-11-12-29-17-24-26-21(29)6-2)28-15-13-27(14-16-28)19-7-9-20(30-4)10-8-19;/h7-10,17-18H,5-6,11-16H2,1-4H3,(H,23,25);1H. The van der Waals surface area contributed by atoms with Gasteiger partial charge in [-0.25, -0.2) is 0 Å². The van der Waals surface area contributed by atoms with E-state index in [4.69, 9.17) is 9.73 Å². The molecule has 0 saturated carbocycles. The molecule has 1 N–H and O–H groups in total. The Hall–Kier alpha value is -2.04. The molecule has 1 saturated heterocycles. The van der Waals surface area contributed by atoms with Crippen molar-refractivity contribution in [1.82, 2.24) is 25.0 Å². The third kappa shape index (κ3) is 6.98. The summed E-state index contributed by atoms with van der Waals surface area (Å²) in [6.07, 6.45) is 3.75. The van der Waals surface area contributed by atoms with Gasteiger partial charge in [0, 0.05) is 50.9 Å². The molecular weight excluding hydrogens is 505 g/mol. The van der Waals surface area contributed by atoms with E-state index in [2.05, 4.69) is 62.8 Å². The van der Waals surface area contributed by atoms with Crippen molar-refractivity contribution >= 4 is 35.6 Å². The summed E-state index contributed by atoms with van der Waals surface area (Å²) in [4.78, 5) is 9.72. The number of halogens is 1. The summed E-state index contributed by atoms with van der Waals surface area (Å²) in [5.74, 6) is 2.91. The highest BCUT2D eigenvalue weighted by molar-refractivity contribution is 14.0. The van der Waals surface area contributed by atoms with Crippen LogP contribution in [0.5, 0.6) is 5.75 Å². The van der Waals surface area contributed by atoms with Crippen LogP contribution in [0.2, 0.25) is 0 Å². The molecule has 1 fully saturated rings. The maximum absolute atomic E-state index is 5.27. The zero-order valence-corrected chi connectivity index (χ0v) is 21.5. The summed E-state index contributed by atoms with van der Waals surface area (Å²) in [5, 5.41) is 11.8. The molecule has 1 aromatic carbocycles. The van der Waals surface area contributed by atoms with E-state index in [1.165, 1.54) is 5.69 Å². The Labute approximate surface area is 203 Å². The van der Waals surface area contributed by atoms with Crippen LogP contribution >= 0.6 is 24.0 Å². The minimum atomic E-state index is 0. The van der Waals surface area contributed by atoms with E-state index < -0.39 is 0 Å². The molecule has 0 radical (unpaired) electrons. The number of methoxy groups -OCH3 is 1. The number of rotatable bonds is 8. The van der Waals surface area contributed by atoms with Crippen LogP contribution < -0.4 is 15.0 Å². The maximum atomic E-state index is 5.27. The second-order valence-electron chi connectivity index (χ2n) is 7.63. The number of hydrogen-bond acceptors (Lipinski definition) is 5. The van der Waals surface area contributed by atoms with Crippen LogP contribution in [0.4, 0.5) is 5.69 Å². The van der Waals surface area contributed by atoms with Gasteiger partial charge in [-0.15, -0.1) is 34.2 Å². The van der Waals surface area contributed by atoms with E-state index in [-0.39, 0.29) is 24.0 Å². The lowest BCUT2D eigenvalue weighted by Crippen LogP contribution is -2.54. The lowest BCUT2D eigenvalue weighted by atomic mass is 10.2. The van der Waals surface area contributed by atoms with Crippen LogP contribution in [-0.2, 0) is 13.0 Å². The number of ether oxygens (including phenoxy) is 1. The number of aliphatic imine (C=N–C) groups is 1. The first-order chi connectivity index (χ1) is 14.6. The number of piperazine rings is 1. The van der Waals surface area contributed by atoms with Gasteiger partial charge in [0.2, 0.25) is 0 Å². The second-order valence-corrected chi connectivity index (χ2v) is 7.63. The zero-order valence-electron chi connectivity index (χ0n) is 19.1. The molecule has 1 aliphatic rings. The number of guanidine groups is 1. The first-order valence-electron chi connectivity index (χ1n) is 11.0. The van der Waals surface area contributed by atoms with Gasteiger partial charge in [0.15, 0.2) is 5.96 Å². The van der Waals surface area contributed by atoms with Gasteiger partial charge >= 0.3 is 0 Å². The molecule has 3 rings (SSSR count). The van der Waals surface area contributed by atoms with Crippen molar-refractivity contribution in [3.05, 3.63) is 36.4 Å². The summed E-state index contributed by atoms with van der Waals surface area (Å²) in [7, 11) is 1.70. The first-order valence-corrected chi connectivity index (χ1v) is 11.0. The largest absolute Gasteiger partial charge is 0.497 e. The molecule has 172 valence electrons. The molecule has 1 unspecified atom stereocenters. The molecule has 0 bridgehead atoms. The van der Waals surface area contributed by atoms with E-state index >= 15 is 0 Å². The van der Waals surface area contributed by atoms with Gasteiger partial charge in [-0.1, -0.05) is 13.8 Å². The lowest BCUT2D eigenvalue weighted by Gasteiger charge is -2.38. The predicted octanol–water partition coefficient (Wildman–Crippen LogP) is 3.03. The fourth-order valence-electron chi connectivity index (χ4n) is 3.53. The Kier molecular flexibility index (Phi) is 10.4. The number of nitrogens with one attached hydrogen (secondary N) is 1. The fourth-order valence-corrected chi connectivity index (χ4v) is 3.53. The molecule has 0 spiro atoms. The van der Waals surface area contributed by atoms with Crippen LogP contribution in [0.15, 0.2) is 35.6 Å². The molecule has 0 amide bonds. The number of anilines is 1.